The van der Waals surface area contributed by atoms with Gasteiger partial charge in [-0.3, -0.25) is 0 Å². The Labute approximate surface area is 235 Å². The van der Waals surface area contributed by atoms with Crippen LogP contribution in [0.3, 0.4) is 0 Å². The Morgan fingerprint density at radius 2 is 1.76 bits per heavy atom. The molecule has 41 heavy (non-hydrogen) atoms. The molecule has 3 aromatic heterocycles. The van der Waals surface area contributed by atoms with Gasteiger partial charge in [0.25, 0.3) is 10.0 Å². The third-order valence-electron chi connectivity index (χ3n) is 7.09. The number of amides is 2. The Balaban J connectivity index is 1.53. The molecule has 0 aliphatic heterocycles. The number of fused-ring (bicyclic) bond motifs is 1. The van der Waals surface area contributed by atoms with Gasteiger partial charge in [-0.1, -0.05) is 17.7 Å². The number of carbonyl (C=O) groups excluding carboxylic acids is 1. The van der Waals surface area contributed by atoms with Gasteiger partial charge in [0, 0.05) is 49.4 Å². The summed E-state index contributed by atoms with van der Waals surface area (Å²) in [5.41, 5.74) is 0.290. The van der Waals surface area contributed by atoms with Crippen LogP contribution >= 0.6 is 0 Å². The Bertz CT molecular complexity index is 1720. The molecule has 0 spiro atoms. The van der Waals surface area contributed by atoms with Crippen molar-refractivity contribution < 1.29 is 26.4 Å². The van der Waals surface area contributed by atoms with E-state index in [2.05, 4.69) is 20.6 Å². The summed E-state index contributed by atoms with van der Waals surface area (Å²) in [6.45, 7) is 1.81. The molecule has 216 valence electrons. The van der Waals surface area contributed by atoms with Crippen molar-refractivity contribution in [1.82, 2.24) is 24.2 Å². The van der Waals surface area contributed by atoms with E-state index in [1.165, 1.54) is 17.0 Å². The van der Waals surface area contributed by atoms with E-state index in [1.54, 1.807) is 26.2 Å². The minimum absolute atomic E-state index is 0.00577. The van der Waals surface area contributed by atoms with Crippen LogP contribution in [0.15, 0.2) is 53.7 Å². The minimum atomic E-state index is -4.20. The summed E-state index contributed by atoms with van der Waals surface area (Å²) in [5, 5.41) is 5.93. The van der Waals surface area contributed by atoms with Crippen molar-refractivity contribution >= 4 is 32.9 Å². The van der Waals surface area contributed by atoms with Crippen LogP contribution < -0.4 is 10.6 Å². The van der Waals surface area contributed by atoms with Gasteiger partial charge in [-0.05, 0) is 50.8 Å². The lowest BCUT2D eigenvalue weighted by Crippen LogP contribution is -2.45. The zero-order valence-electron chi connectivity index (χ0n) is 22.7. The second-order valence-corrected chi connectivity index (χ2v) is 12.2. The molecule has 1 aliphatic carbocycles. The van der Waals surface area contributed by atoms with Crippen LogP contribution in [-0.4, -0.2) is 59.5 Å². The molecular weight excluding hydrogens is 557 g/mol. The third-order valence-corrected chi connectivity index (χ3v) is 8.75. The minimum Gasteiger partial charge on any atom is -0.365 e. The molecule has 2 N–H and O–H groups in total. The van der Waals surface area contributed by atoms with E-state index in [1.807, 2.05) is 6.92 Å². The van der Waals surface area contributed by atoms with Gasteiger partial charge in [0.1, 0.15) is 11.5 Å². The van der Waals surface area contributed by atoms with Crippen molar-refractivity contribution in [2.45, 2.75) is 49.6 Å². The maximum atomic E-state index is 15.2. The number of nitrogens with zero attached hydrogens (tertiary/aromatic N) is 4. The van der Waals surface area contributed by atoms with Crippen LogP contribution in [0.2, 0.25) is 0 Å². The Morgan fingerprint density at radius 3 is 2.46 bits per heavy atom. The highest BCUT2D eigenvalue weighted by Crippen LogP contribution is 2.35. The molecule has 5 rings (SSSR count). The van der Waals surface area contributed by atoms with Gasteiger partial charge in [0.05, 0.1) is 11.1 Å². The van der Waals surface area contributed by atoms with Crippen LogP contribution in [0.5, 0.6) is 0 Å². The predicted octanol–water partition coefficient (Wildman–Crippen LogP) is 5.06. The molecule has 3 heterocycles. The third kappa shape index (κ3) is 5.71. The van der Waals surface area contributed by atoms with Crippen LogP contribution in [-0.2, 0) is 10.0 Å². The molecule has 0 unspecified atom stereocenters. The first-order valence-corrected chi connectivity index (χ1v) is 14.5. The zero-order chi connectivity index (χ0) is 29.5. The molecule has 1 aromatic carbocycles. The van der Waals surface area contributed by atoms with Crippen molar-refractivity contribution in [3.8, 4) is 11.3 Å². The van der Waals surface area contributed by atoms with Gasteiger partial charge >= 0.3 is 6.03 Å². The molecule has 9 nitrogen and oxygen atoms in total. The van der Waals surface area contributed by atoms with Gasteiger partial charge in [-0.25, -0.2) is 40.3 Å². The fourth-order valence-corrected chi connectivity index (χ4v) is 6.28. The van der Waals surface area contributed by atoms with E-state index in [9.17, 15) is 22.0 Å². The van der Waals surface area contributed by atoms with Gasteiger partial charge in [-0.15, -0.1) is 0 Å². The van der Waals surface area contributed by atoms with E-state index in [-0.39, 0.29) is 51.1 Å². The number of halogens is 3. The lowest BCUT2D eigenvalue weighted by Gasteiger charge is -2.31. The second-order valence-electron chi connectivity index (χ2n) is 10.4. The zero-order valence-corrected chi connectivity index (χ0v) is 23.5. The number of rotatable bonds is 6. The average molecular weight is 587 g/mol. The number of nitrogens with one attached hydrogen (secondary N) is 2. The van der Waals surface area contributed by atoms with Gasteiger partial charge in [0.2, 0.25) is 0 Å². The number of aryl methyl sites for hydroxylation is 1. The van der Waals surface area contributed by atoms with Crippen molar-refractivity contribution in [2.24, 2.45) is 0 Å². The molecule has 4 aromatic rings. The number of hydrogen-bond donors (Lipinski definition) is 2. The van der Waals surface area contributed by atoms with E-state index < -0.39 is 27.5 Å². The van der Waals surface area contributed by atoms with Crippen LogP contribution in [0.1, 0.15) is 31.2 Å². The molecular formula is C28H29F3N6O3S. The Kier molecular flexibility index (Phi) is 7.64. The van der Waals surface area contributed by atoms with Crippen LogP contribution in [0.4, 0.5) is 23.8 Å². The summed E-state index contributed by atoms with van der Waals surface area (Å²) < 4.78 is 72.3. The van der Waals surface area contributed by atoms with E-state index in [4.69, 9.17) is 0 Å². The summed E-state index contributed by atoms with van der Waals surface area (Å²) in [6.07, 6.45) is 4.68. The summed E-state index contributed by atoms with van der Waals surface area (Å²) >= 11 is 0. The van der Waals surface area contributed by atoms with Crippen molar-refractivity contribution in [1.29, 1.82) is 0 Å². The highest BCUT2D eigenvalue weighted by atomic mass is 32.2. The number of anilines is 1. The highest BCUT2D eigenvalue weighted by molar-refractivity contribution is 7.90. The highest BCUT2D eigenvalue weighted by Gasteiger charge is 2.28. The number of aromatic nitrogens is 3. The topological polar surface area (TPSA) is 109 Å². The number of pyridine rings is 2. The molecule has 13 heteroatoms. The standard InChI is InChI=1S/C28H29F3N6O3S/c1-16-7-9-20(10-8-16)41(39,40)37-15-22(21-11-17(29)14-32-27(21)37)25-23(30)13-24(31)26(35-25)33-18-5-4-6-19(12-18)34-28(38)36(2)3/h7-11,13-15,18-19H,4-6,12H2,1-3H3,(H,33,35)(H,34,38)/t18-,19+/m0/s1. The molecule has 2 amide bonds. The quantitative estimate of drug-likeness (QED) is 0.327. The molecule has 1 aliphatic rings. The number of benzene rings is 1. The molecule has 0 radical (unpaired) electrons. The Morgan fingerprint density at radius 1 is 1.05 bits per heavy atom. The summed E-state index contributed by atoms with van der Waals surface area (Å²) in [6, 6.07) is 7.17. The van der Waals surface area contributed by atoms with E-state index >= 15 is 4.39 Å². The number of urea groups is 1. The predicted molar refractivity (Wildman–Crippen MR) is 148 cm³/mol. The first kappa shape index (κ1) is 28.4. The van der Waals surface area contributed by atoms with E-state index in [0.717, 1.165) is 40.8 Å². The summed E-state index contributed by atoms with van der Waals surface area (Å²) in [5.74, 6) is -2.99. The lowest BCUT2D eigenvalue weighted by molar-refractivity contribution is 0.208. The fraction of sp³-hybridized carbons (Fsp3) is 0.321. The SMILES string of the molecule is Cc1ccc(S(=O)(=O)n2cc(-c3nc(N[C@H]4CCC[C@@H](NC(=O)N(C)C)C4)c(F)cc3F)c3cc(F)cnc32)cc1. The fourth-order valence-electron chi connectivity index (χ4n) is 4.96. The maximum Gasteiger partial charge on any atom is 0.317 e. The summed E-state index contributed by atoms with van der Waals surface area (Å²) in [7, 11) is -0.932. The summed E-state index contributed by atoms with van der Waals surface area (Å²) in [4.78, 5) is 21.6. The molecule has 0 bridgehead atoms. The van der Waals surface area contributed by atoms with Gasteiger partial charge in [-0.2, -0.15) is 0 Å². The second kappa shape index (κ2) is 11.0. The lowest BCUT2D eigenvalue weighted by atomic mass is 9.91. The number of carbonyl (C=O) groups is 1. The van der Waals surface area contributed by atoms with Crippen molar-refractivity contribution in [3.05, 3.63) is 71.8 Å². The molecule has 0 saturated heterocycles. The first-order chi connectivity index (χ1) is 19.4. The molecule has 1 fully saturated rings. The molecule has 1 saturated carbocycles. The van der Waals surface area contributed by atoms with Gasteiger partial charge < -0.3 is 15.5 Å². The number of hydrogen-bond acceptors (Lipinski definition) is 6. The van der Waals surface area contributed by atoms with Crippen LogP contribution in [0.25, 0.3) is 22.3 Å². The smallest absolute Gasteiger partial charge is 0.317 e. The largest absolute Gasteiger partial charge is 0.365 e. The van der Waals surface area contributed by atoms with Crippen molar-refractivity contribution in [3.63, 3.8) is 0 Å². The first-order valence-electron chi connectivity index (χ1n) is 13.0. The van der Waals surface area contributed by atoms with Gasteiger partial charge in [0.15, 0.2) is 23.1 Å². The normalized spacial score (nSPS) is 17.4. The van der Waals surface area contributed by atoms with Crippen LogP contribution in [0, 0.1) is 24.4 Å². The molecule has 2 atom stereocenters. The average Bonchev–Trinajstić information content (AvgIpc) is 3.30. The Hall–Kier alpha value is -4.13. The van der Waals surface area contributed by atoms with E-state index in [0.29, 0.717) is 18.9 Å². The van der Waals surface area contributed by atoms with Crippen molar-refractivity contribution in [2.75, 3.05) is 19.4 Å². The monoisotopic (exact) mass is 586 g/mol. The maximum absolute atomic E-state index is 15.2.